The summed E-state index contributed by atoms with van der Waals surface area (Å²) < 4.78 is 6.03. The van der Waals surface area contributed by atoms with E-state index in [-0.39, 0.29) is 11.9 Å². The first-order valence-electron chi connectivity index (χ1n) is 10.4. The monoisotopic (exact) mass is 380 g/mol. The maximum atomic E-state index is 12.9. The standard InChI is InChI=1S/C24H32N2O2/c1-20(2)17-22(19-28-23-11-7-4-8-12-23)26-16-15-25(14-13-24(26)27)18-21-9-5-3-6-10-21/h3-12,20,22H,13-19H2,1-2H3/t22-/m0/s1. The van der Waals surface area contributed by atoms with E-state index in [2.05, 4.69) is 47.9 Å². The Kier molecular flexibility index (Phi) is 7.49. The summed E-state index contributed by atoms with van der Waals surface area (Å²) in [5.41, 5.74) is 1.30. The summed E-state index contributed by atoms with van der Waals surface area (Å²) in [4.78, 5) is 17.3. The number of benzene rings is 2. The molecule has 1 aliphatic heterocycles. The zero-order valence-electron chi connectivity index (χ0n) is 17.1. The molecule has 1 saturated heterocycles. The third kappa shape index (κ3) is 6.10. The Morgan fingerprint density at radius 2 is 1.61 bits per heavy atom. The highest BCUT2D eigenvalue weighted by Gasteiger charge is 2.28. The Morgan fingerprint density at radius 3 is 2.29 bits per heavy atom. The maximum absolute atomic E-state index is 12.9. The van der Waals surface area contributed by atoms with Crippen molar-refractivity contribution >= 4 is 5.91 Å². The van der Waals surface area contributed by atoms with E-state index in [0.717, 1.165) is 38.3 Å². The lowest BCUT2D eigenvalue weighted by Crippen LogP contribution is -2.45. The van der Waals surface area contributed by atoms with Gasteiger partial charge in [-0.1, -0.05) is 62.4 Å². The molecule has 0 radical (unpaired) electrons. The topological polar surface area (TPSA) is 32.8 Å². The predicted octanol–water partition coefficient (Wildman–Crippen LogP) is 4.21. The second-order valence-electron chi connectivity index (χ2n) is 8.01. The van der Waals surface area contributed by atoms with Crippen molar-refractivity contribution in [3.05, 3.63) is 66.2 Å². The van der Waals surface area contributed by atoms with Crippen molar-refractivity contribution in [2.45, 2.75) is 39.3 Å². The van der Waals surface area contributed by atoms with Gasteiger partial charge in [0, 0.05) is 32.6 Å². The van der Waals surface area contributed by atoms with E-state index in [1.54, 1.807) is 0 Å². The van der Waals surface area contributed by atoms with Crippen LogP contribution in [-0.4, -0.2) is 48.0 Å². The van der Waals surface area contributed by atoms with Crippen molar-refractivity contribution < 1.29 is 9.53 Å². The minimum absolute atomic E-state index is 0.115. The Morgan fingerprint density at radius 1 is 0.929 bits per heavy atom. The quantitative estimate of drug-likeness (QED) is 0.688. The summed E-state index contributed by atoms with van der Waals surface area (Å²) >= 11 is 0. The number of hydrogen-bond acceptors (Lipinski definition) is 3. The summed E-state index contributed by atoms with van der Waals surface area (Å²) in [5, 5.41) is 0. The number of para-hydroxylation sites is 1. The second-order valence-corrected chi connectivity index (χ2v) is 8.01. The van der Waals surface area contributed by atoms with Crippen LogP contribution in [0.2, 0.25) is 0 Å². The van der Waals surface area contributed by atoms with Crippen LogP contribution in [0, 0.1) is 5.92 Å². The van der Waals surface area contributed by atoms with E-state index in [9.17, 15) is 4.79 Å². The Balaban J connectivity index is 1.62. The molecule has 0 saturated carbocycles. The average molecular weight is 381 g/mol. The van der Waals surface area contributed by atoms with E-state index < -0.39 is 0 Å². The highest BCUT2D eigenvalue weighted by molar-refractivity contribution is 5.77. The van der Waals surface area contributed by atoms with Gasteiger partial charge in [-0.3, -0.25) is 9.69 Å². The molecule has 2 aromatic rings. The molecule has 0 N–H and O–H groups in total. The molecular weight excluding hydrogens is 348 g/mol. The van der Waals surface area contributed by atoms with Crippen LogP contribution in [0.5, 0.6) is 5.75 Å². The van der Waals surface area contributed by atoms with Crippen molar-refractivity contribution in [3.8, 4) is 5.75 Å². The van der Waals surface area contributed by atoms with Crippen molar-refractivity contribution in [3.63, 3.8) is 0 Å². The smallest absolute Gasteiger partial charge is 0.224 e. The first kappa shape index (κ1) is 20.4. The number of rotatable bonds is 8. The maximum Gasteiger partial charge on any atom is 0.224 e. The molecule has 1 atom stereocenters. The predicted molar refractivity (Wildman–Crippen MR) is 113 cm³/mol. The molecule has 2 aromatic carbocycles. The van der Waals surface area contributed by atoms with E-state index in [1.807, 2.05) is 36.4 Å². The lowest BCUT2D eigenvalue weighted by molar-refractivity contribution is -0.133. The molecule has 0 unspecified atom stereocenters. The van der Waals surface area contributed by atoms with Crippen molar-refractivity contribution in [1.29, 1.82) is 0 Å². The molecule has 0 aliphatic carbocycles. The highest BCUT2D eigenvalue weighted by Crippen LogP contribution is 2.19. The number of carbonyl (C=O) groups excluding carboxylic acids is 1. The van der Waals surface area contributed by atoms with Crippen LogP contribution in [-0.2, 0) is 11.3 Å². The molecule has 1 fully saturated rings. The van der Waals surface area contributed by atoms with E-state index in [0.29, 0.717) is 18.9 Å². The zero-order chi connectivity index (χ0) is 19.8. The van der Waals surface area contributed by atoms with Gasteiger partial charge in [-0.2, -0.15) is 0 Å². The lowest BCUT2D eigenvalue weighted by atomic mass is 10.0. The molecule has 1 heterocycles. The first-order valence-corrected chi connectivity index (χ1v) is 10.4. The minimum Gasteiger partial charge on any atom is -0.491 e. The normalized spacial score (nSPS) is 16.8. The first-order chi connectivity index (χ1) is 13.6. The molecule has 1 amide bonds. The summed E-state index contributed by atoms with van der Waals surface area (Å²) in [5.74, 6) is 1.63. The van der Waals surface area contributed by atoms with Gasteiger partial charge in [0.1, 0.15) is 12.4 Å². The van der Waals surface area contributed by atoms with Crippen molar-refractivity contribution in [2.24, 2.45) is 5.92 Å². The van der Waals surface area contributed by atoms with Gasteiger partial charge >= 0.3 is 0 Å². The summed E-state index contributed by atoms with van der Waals surface area (Å²) in [7, 11) is 0. The Hall–Kier alpha value is -2.33. The summed E-state index contributed by atoms with van der Waals surface area (Å²) in [6.07, 6.45) is 1.53. The van der Waals surface area contributed by atoms with Gasteiger partial charge in [0.2, 0.25) is 5.91 Å². The van der Waals surface area contributed by atoms with Gasteiger partial charge in [-0.15, -0.1) is 0 Å². The van der Waals surface area contributed by atoms with Gasteiger partial charge in [0.05, 0.1) is 6.04 Å². The van der Waals surface area contributed by atoms with Crippen molar-refractivity contribution in [1.82, 2.24) is 9.80 Å². The molecule has 1 aliphatic rings. The van der Waals surface area contributed by atoms with Crippen LogP contribution >= 0.6 is 0 Å². The fourth-order valence-electron chi connectivity index (χ4n) is 3.81. The third-order valence-electron chi connectivity index (χ3n) is 5.24. The van der Waals surface area contributed by atoms with Crippen LogP contribution in [0.25, 0.3) is 0 Å². The molecule has 4 nitrogen and oxygen atoms in total. The van der Waals surface area contributed by atoms with E-state index in [1.165, 1.54) is 5.56 Å². The summed E-state index contributed by atoms with van der Waals surface area (Å²) in [6.45, 7) is 8.35. The molecule has 0 bridgehead atoms. The zero-order valence-corrected chi connectivity index (χ0v) is 17.1. The van der Waals surface area contributed by atoms with Gasteiger partial charge in [0.15, 0.2) is 0 Å². The second kappa shape index (κ2) is 10.3. The number of nitrogens with zero attached hydrogens (tertiary/aromatic N) is 2. The van der Waals surface area contributed by atoms with Gasteiger partial charge in [-0.05, 0) is 30.0 Å². The van der Waals surface area contributed by atoms with Gasteiger partial charge < -0.3 is 9.64 Å². The SMILES string of the molecule is CC(C)C[C@@H](COc1ccccc1)N1CCN(Cc2ccccc2)CCC1=O. The lowest BCUT2D eigenvalue weighted by Gasteiger charge is -2.32. The average Bonchev–Trinajstić information content (AvgIpc) is 2.88. The molecule has 4 heteroatoms. The fraction of sp³-hybridized carbons (Fsp3) is 0.458. The number of amides is 1. The van der Waals surface area contributed by atoms with Gasteiger partial charge in [-0.25, -0.2) is 0 Å². The molecule has 150 valence electrons. The molecule has 0 spiro atoms. The molecular formula is C24H32N2O2. The third-order valence-corrected chi connectivity index (χ3v) is 5.24. The van der Waals surface area contributed by atoms with E-state index in [4.69, 9.17) is 4.74 Å². The molecule has 3 rings (SSSR count). The van der Waals surface area contributed by atoms with Crippen LogP contribution < -0.4 is 4.74 Å². The van der Waals surface area contributed by atoms with E-state index >= 15 is 0 Å². The van der Waals surface area contributed by atoms with Crippen molar-refractivity contribution in [2.75, 3.05) is 26.2 Å². The highest BCUT2D eigenvalue weighted by atomic mass is 16.5. The molecule has 0 aromatic heterocycles. The van der Waals surface area contributed by atoms with Crippen LogP contribution in [0.4, 0.5) is 0 Å². The minimum atomic E-state index is 0.115. The van der Waals surface area contributed by atoms with Crippen LogP contribution in [0.3, 0.4) is 0 Å². The Labute approximate surface area is 169 Å². The fourth-order valence-corrected chi connectivity index (χ4v) is 3.81. The number of hydrogen-bond donors (Lipinski definition) is 0. The van der Waals surface area contributed by atoms with Crippen LogP contribution in [0.15, 0.2) is 60.7 Å². The van der Waals surface area contributed by atoms with Crippen LogP contribution in [0.1, 0.15) is 32.3 Å². The van der Waals surface area contributed by atoms with Gasteiger partial charge in [0.25, 0.3) is 0 Å². The number of carbonyl (C=O) groups is 1. The molecule has 28 heavy (non-hydrogen) atoms. The number of ether oxygens (including phenoxy) is 1. The largest absolute Gasteiger partial charge is 0.491 e. The Bertz CT molecular complexity index is 718. The summed E-state index contributed by atoms with van der Waals surface area (Å²) in [6, 6.07) is 20.5.